The highest BCUT2D eigenvalue weighted by Gasteiger charge is 2.40. The first-order chi connectivity index (χ1) is 8.59. The number of pyridine rings is 1. The minimum absolute atomic E-state index is 0.130. The number of carbonyl (C=O) groups is 1. The molecule has 1 fully saturated rings. The zero-order valence-electron chi connectivity index (χ0n) is 10.7. The normalized spacial score (nSPS) is 28.1. The van der Waals surface area contributed by atoms with Crippen molar-refractivity contribution in [2.45, 2.75) is 32.6 Å². The molecule has 0 unspecified atom stereocenters. The average Bonchev–Trinajstić information content (AvgIpc) is 2.40. The summed E-state index contributed by atoms with van der Waals surface area (Å²) in [5.74, 6) is -0.0782. The molecule has 0 amide bonds. The van der Waals surface area contributed by atoms with Crippen LogP contribution in [0, 0.1) is 17.2 Å². The van der Waals surface area contributed by atoms with Crippen LogP contribution in [-0.4, -0.2) is 17.3 Å². The number of aromatic nitrogens is 1. The van der Waals surface area contributed by atoms with Gasteiger partial charge in [-0.3, -0.25) is 9.78 Å². The zero-order valence-corrected chi connectivity index (χ0v) is 10.7. The highest BCUT2D eigenvalue weighted by molar-refractivity contribution is 6.00. The molecule has 0 spiro atoms. The molecule has 4 heteroatoms. The maximum absolute atomic E-state index is 13.7. The Bertz CT molecular complexity index is 439. The Morgan fingerprint density at radius 3 is 2.78 bits per heavy atom. The summed E-state index contributed by atoms with van der Waals surface area (Å²) in [6.45, 7) is 2.47. The fraction of sp³-hybridized carbons (Fsp3) is 0.571. The Hall–Kier alpha value is -1.29. The van der Waals surface area contributed by atoms with Gasteiger partial charge in [0.1, 0.15) is 0 Å². The smallest absolute Gasteiger partial charge is 0.173 e. The van der Waals surface area contributed by atoms with E-state index in [1.165, 1.54) is 12.3 Å². The van der Waals surface area contributed by atoms with Crippen LogP contribution < -0.4 is 5.73 Å². The maximum Gasteiger partial charge on any atom is 0.173 e. The molecule has 1 heterocycles. The van der Waals surface area contributed by atoms with Crippen LogP contribution in [-0.2, 0) is 0 Å². The molecule has 0 aromatic carbocycles. The molecule has 2 rings (SSSR count). The van der Waals surface area contributed by atoms with E-state index >= 15 is 0 Å². The SMILES string of the molecule is CC1CCC(CN)(C(=O)c2ccncc2F)CC1. The van der Waals surface area contributed by atoms with Crippen LogP contribution in [0.2, 0.25) is 0 Å². The van der Waals surface area contributed by atoms with Gasteiger partial charge in [0.15, 0.2) is 11.6 Å². The van der Waals surface area contributed by atoms with Crippen molar-refractivity contribution >= 4 is 5.78 Å². The van der Waals surface area contributed by atoms with Crippen molar-refractivity contribution in [1.29, 1.82) is 0 Å². The van der Waals surface area contributed by atoms with Crippen molar-refractivity contribution in [3.05, 3.63) is 29.8 Å². The van der Waals surface area contributed by atoms with E-state index in [1.807, 2.05) is 0 Å². The van der Waals surface area contributed by atoms with Gasteiger partial charge in [-0.05, 0) is 37.7 Å². The topological polar surface area (TPSA) is 56.0 Å². The Morgan fingerprint density at radius 2 is 2.22 bits per heavy atom. The molecular formula is C14H19FN2O. The number of nitrogens with two attached hydrogens (primary N) is 1. The quantitative estimate of drug-likeness (QED) is 0.839. The van der Waals surface area contributed by atoms with Gasteiger partial charge < -0.3 is 5.73 Å². The van der Waals surface area contributed by atoms with Crippen LogP contribution in [0.4, 0.5) is 4.39 Å². The minimum Gasteiger partial charge on any atom is -0.329 e. The maximum atomic E-state index is 13.7. The molecule has 1 aliphatic carbocycles. The number of rotatable bonds is 3. The Morgan fingerprint density at radius 1 is 1.56 bits per heavy atom. The van der Waals surface area contributed by atoms with Gasteiger partial charge in [0.05, 0.1) is 11.8 Å². The lowest BCUT2D eigenvalue weighted by atomic mass is 9.67. The first-order valence-electron chi connectivity index (χ1n) is 6.43. The molecule has 0 aliphatic heterocycles. The summed E-state index contributed by atoms with van der Waals surface area (Å²) in [6, 6.07) is 1.45. The number of hydrogen-bond donors (Lipinski definition) is 1. The molecule has 0 bridgehead atoms. The standard InChI is InChI=1S/C14H19FN2O/c1-10-2-5-14(9-16,6-3-10)13(18)11-4-7-17-8-12(11)15/h4,7-8,10H,2-3,5-6,9,16H2,1H3. The number of nitrogens with zero attached hydrogens (tertiary/aromatic N) is 1. The minimum atomic E-state index is -0.575. The third-order valence-corrected chi connectivity index (χ3v) is 4.12. The summed E-state index contributed by atoms with van der Waals surface area (Å²) in [4.78, 5) is 16.2. The number of hydrogen-bond acceptors (Lipinski definition) is 3. The second-order valence-electron chi connectivity index (χ2n) is 5.35. The monoisotopic (exact) mass is 250 g/mol. The zero-order chi connectivity index (χ0) is 13.2. The second kappa shape index (κ2) is 5.14. The highest BCUT2D eigenvalue weighted by atomic mass is 19.1. The van der Waals surface area contributed by atoms with E-state index < -0.39 is 11.2 Å². The van der Waals surface area contributed by atoms with E-state index in [2.05, 4.69) is 11.9 Å². The number of carbonyl (C=O) groups excluding carboxylic acids is 1. The molecule has 0 atom stereocenters. The molecule has 2 N–H and O–H groups in total. The molecule has 1 aromatic heterocycles. The summed E-state index contributed by atoms with van der Waals surface area (Å²) in [7, 11) is 0. The Labute approximate surface area is 107 Å². The average molecular weight is 250 g/mol. The third kappa shape index (κ3) is 2.29. The van der Waals surface area contributed by atoms with Gasteiger partial charge >= 0.3 is 0 Å². The lowest BCUT2D eigenvalue weighted by molar-refractivity contribution is 0.0690. The van der Waals surface area contributed by atoms with Crippen molar-refractivity contribution in [3.63, 3.8) is 0 Å². The molecule has 1 aromatic rings. The summed E-state index contributed by atoms with van der Waals surface area (Å²) >= 11 is 0. The van der Waals surface area contributed by atoms with Crippen LogP contribution in [0.3, 0.4) is 0 Å². The predicted octanol–water partition coefficient (Wildman–Crippen LogP) is 2.56. The van der Waals surface area contributed by atoms with Gasteiger partial charge in [0, 0.05) is 18.2 Å². The lowest BCUT2D eigenvalue weighted by Gasteiger charge is -2.37. The van der Waals surface area contributed by atoms with E-state index in [1.54, 1.807) is 0 Å². The molecule has 1 aliphatic rings. The molecule has 1 saturated carbocycles. The molecule has 3 nitrogen and oxygen atoms in total. The van der Waals surface area contributed by atoms with Crippen LogP contribution in [0.15, 0.2) is 18.5 Å². The number of ketones is 1. The van der Waals surface area contributed by atoms with E-state index in [9.17, 15) is 9.18 Å². The summed E-state index contributed by atoms with van der Waals surface area (Å²) in [5.41, 5.74) is 5.37. The number of Topliss-reactive ketones (excluding diaryl/α,β-unsaturated/α-hetero) is 1. The van der Waals surface area contributed by atoms with Gasteiger partial charge in [0.25, 0.3) is 0 Å². The third-order valence-electron chi connectivity index (χ3n) is 4.12. The molecular weight excluding hydrogens is 231 g/mol. The van der Waals surface area contributed by atoms with Gasteiger partial charge in [-0.1, -0.05) is 6.92 Å². The van der Waals surface area contributed by atoms with Crippen molar-refractivity contribution in [3.8, 4) is 0 Å². The fourth-order valence-corrected chi connectivity index (χ4v) is 2.68. The summed E-state index contributed by atoms with van der Waals surface area (Å²) in [6.07, 6.45) is 6.01. The van der Waals surface area contributed by atoms with Crippen molar-refractivity contribution < 1.29 is 9.18 Å². The van der Waals surface area contributed by atoms with Gasteiger partial charge in [-0.15, -0.1) is 0 Å². The van der Waals surface area contributed by atoms with Gasteiger partial charge in [-0.25, -0.2) is 4.39 Å². The predicted molar refractivity (Wildman–Crippen MR) is 67.6 cm³/mol. The summed E-state index contributed by atoms with van der Waals surface area (Å²) in [5, 5.41) is 0. The van der Waals surface area contributed by atoms with Crippen LogP contribution in [0.1, 0.15) is 43.0 Å². The molecule has 0 radical (unpaired) electrons. The molecule has 98 valence electrons. The van der Waals surface area contributed by atoms with Crippen LogP contribution in [0.5, 0.6) is 0 Å². The van der Waals surface area contributed by atoms with Gasteiger partial charge in [-0.2, -0.15) is 0 Å². The largest absolute Gasteiger partial charge is 0.329 e. The first kappa shape index (κ1) is 13.1. The second-order valence-corrected chi connectivity index (χ2v) is 5.35. The lowest BCUT2D eigenvalue weighted by Crippen LogP contribution is -2.42. The fourth-order valence-electron chi connectivity index (χ4n) is 2.68. The highest BCUT2D eigenvalue weighted by Crippen LogP contribution is 2.40. The van der Waals surface area contributed by atoms with E-state index in [4.69, 9.17) is 5.73 Å². The molecule has 0 saturated heterocycles. The van der Waals surface area contributed by atoms with E-state index in [-0.39, 0.29) is 11.3 Å². The van der Waals surface area contributed by atoms with Crippen molar-refractivity contribution in [2.24, 2.45) is 17.1 Å². The number of halogens is 1. The van der Waals surface area contributed by atoms with Gasteiger partial charge in [0.2, 0.25) is 0 Å². The van der Waals surface area contributed by atoms with Crippen LogP contribution >= 0.6 is 0 Å². The Kier molecular flexibility index (Phi) is 3.76. The van der Waals surface area contributed by atoms with Crippen molar-refractivity contribution in [2.75, 3.05) is 6.54 Å². The molecule has 18 heavy (non-hydrogen) atoms. The Balaban J connectivity index is 2.28. The van der Waals surface area contributed by atoms with E-state index in [0.717, 1.165) is 31.9 Å². The van der Waals surface area contributed by atoms with Crippen LogP contribution in [0.25, 0.3) is 0 Å². The van der Waals surface area contributed by atoms with E-state index in [0.29, 0.717) is 12.5 Å². The summed E-state index contributed by atoms with van der Waals surface area (Å²) < 4.78 is 13.7. The first-order valence-corrected chi connectivity index (χ1v) is 6.43. The van der Waals surface area contributed by atoms with Crippen molar-refractivity contribution in [1.82, 2.24) is 4.98 Å².